The number of aliphatic hydroxyl groups excluding tert-OH is 1. The summed E-state index contributed by atoms with van der Waals surface area (Å²) in [6.45, 7) is 1.38. The van der Waals surface area contributed by atoms with Crippen LogP contribution in [0, 0.1) is 6.92 Å². The lowest BCUT2D eigenvalue weighted by Gasteiger charge is -2.06. The van der Waals surface area contributed by atoms with Gasteiger partial charge in [-0.1, -0.05) is 0 Å². The first-order valence-corrected chi connectivity index (χ1v) is 7.44. The standard InChI is InChI=1S/C12H12N2O4S2/c1-6-9(10(16)13-4-8(15)12(17)18)20-11(14-6)7-2-3-19-5-7/h2-3,5,8,15H,4H2,1H3,(H,13,16)(H,17,18). The molecular formula is C12H12N2O4S2. The molecule has 2 rings (SSSR count). The van der Waals surface area contributed by atoms with Crippen molar-refractivity contribution in [2.75, 3.05) is 6.54 Å². The van der Waals surface area contributed by atoms with Crippen LogP contribution in [0.25, 0.3) is 10.6 Å². The van der Waals surface area contributed by atoms with Crippen LogP contribution in [0.15, 0.2) is 16.8 Å². The summed E-state index contributed by atoms with van der Waals surface area (Å²) < 4.78 is 0. The Bertz CT molecular complexity index is 621. The molecule has 1 unspecified atom stereocenters. The number of hydrogen-bond donors (Lipinski definition) is 3. The molecule has 1 atom stereocenters. The van der Waals surface area contributed by atoms with Gasteiger partial charge in [0.2, 0.25) is 0 Å². The van der Waals surface area contributed by atoms with Crippen LogP contribution in [-0.4, -0.2) is 39.7 Å². The van der Waals surface area contributed by atoms with Crippen LogP contribution < -0.4 is 5.32 Å². The summed E-state index contributed by atoms with van der Waals surface area (Å²) in [7, 11) is 0. The molecule has 0 aliphatic rings. The number of amides is 1. The van der Waals surface area contributed by atoms with Crippen molar-refractivity contribution in [1.29, 1.82) is 0 Å². The molecule has 8 heteroatoms. The number of aliphatic hydroxyl groups is 1. The quantitative estimate of drug-likeness (QED) is 0.774. The van der Waals surface area contributed by atoms with Crippen molar-refractivity contribution in [2.24, 2.45) is 0 Å². The third kappa shape index (κ3) is 3.21. The van der Waals surface area contributed by atoms with E-state index < -0.39 is 18.0 Å². The van der Waals surface area contributed by atoms with Crippen molar-refractivity contribution < 1.29 is 19.8 Å². The average molecular weight is 312 g/mol. The van der Waals surface area contributed by atoms with Crippen LogP contribution in [0.5, 0.6) is 0 Å². The monoisotopic (exact) mass is 312 g/mol. The third-order valence-electron chi connectivity index (χ3n) is 2.51. The molecule has 0 aliphatic carbocycles. The summed E-state index contributed by atoms with van der Waals surface area (Å²) in [4.78, 5) is 27.1. The predicted molar refractivity (Wildman–Crippen MR) is 76.1 cm³/mol. The van der Waals surface area contributed by atoms with E-state index in [1.54, 1.807) is 18.3 Å². The number of carboxylic acid groups (broad SMARTS) is 1. The SMILES string of the molecule is Cc1nc(-c2ccsc2)sc1C(=O)NCC(O)C(=O)O. The van der Waals surface area contributed by atoms with Crippen LogP contribution >= 0.6 is 22.7 Å². The Morgan fingerprint density at radius 1 is 1.50 bits per heavy atom. The minimum Gasteiger partial charge on any atom is -0.479 e. The van der Waals surface area contributed by atoms with E-state index in [0.29, 0.717) is 10.6 Å². The fourth-order valence-corrected chi connectivity index (χ4v) is 3.17. The number of carbonyl (C=O) groups excluding carboxylic acids is 1. The molecule has 2 heterocycles. The molecule has 20 heavy (non-hydrogen) atoms. The van der Waals surface area contributed by atoms with Crippen molar-refractivity contribution in [2.45, 2.75) is 13.0 Å². The van der Waals surface area contributed by atoms with Gasteiger partial charge in [0.25, 0.3) is 5.91 Å². The number of carbonyl (C=O) groups is 2. The van der Waals surface area contributed by atoms with Gasteiger partial charge in [0.05, 0.1) is 12.2 Å². The van der Waals surface area contributed by atoms with E-state index in [4.69, 9.17) is 10.2 Å². The van der Waals surface area contributed by atoms with E-state index in [1.807, 2.05) is 16.8 Å². The molecule has 0 fully saturated rings. The maximum absolute atomic E-state index is 11.9. The van der Waals surface area contributed by atoms with Gasteiger partial charge in [0, 0.05) is 10.9 Å². The molecule has 0 spiro atoms. The molecule has 0 aliphatic heterocycles. The molecule has 6 nitrogen and oxygen atoms in total. The summed E-state index contributed by atoms with van der Waals surface area (Å²) in [5, 5.41) is 24.7. The number of thiazole rings is 1. The van der Waals surface area contributed by atoms with Gasteiger partial charge in [-0.25, -0.2) is 9.78 Å². The van der Waals surface area contributed by atoms with Gasteiger partial charge in [0.15, 0.2) is 6.10 Å². The zero-order chi connectivity index (χ0) is 14.7. The number of rotatable bonds is 5. The Hall–Kier alpha value is -1.77. The average Bonchev–Trinajstić information content (AvgIpc) is 3.04. The Balaban J connectivity index is 2.09. The normalized spacial score (nSPS) is 12.1. The Morgan fingerprint density at radius 2 is 2.25 bits per heavy atom. The second-order valence-electron chi connectivity index (χ2n) is 4.01. The molecule has 106 valence electrons. The van der Waals surface area contributed by atoms with E-state index in [2.05, 4.69) is 10.3 Å². The van der Waals surface area contributed by atoms with Crippen LogP contribution in [0.2, 0.25) is 0 Å². The first kappa shape index (κ1) is 14.6. The van der Waals surface area contributed by atoms with E-state index in [-0.39, 0.29) is 6.54 Å². The van der Waals surface area contributed by atoms with E-state index >= 15 is 0 Å². The number of hydrogen-bond acceptors (Lipinski definition) is 6. The molecule has 0 aromatic carbocycles. The first-order chi connectivity index (χ1) is 9.49. The lowest BCUT2D eigenvalue weighted by Crippen LogP contribution is -2.36. The lowest BCUT2D eigenvalue weighted by atomic mass is 10.3. The minimum atomic E-state index is -1.61. The maximum Gasteiger partial charge on any atom is 0.334 e. The Morgan fingerprint density at radius 3 is 2.85 bits per heavy atom. The van der Waals surface area contributed by atoms with Gasteiger partial charge < -0.3 is 15.5 Å². The highest BCUT2D eigenvalue weighted by Crippen LogP contribution is 2.29. The van der Waals surface area contributed by atoms with Crippen LogP contribution in [-0.2, 0) is 4.79 Å². The maximum atomic E-state index is 11.9. The smallest absolute Gasteiger partial charge is 0.334 e. The predicted octanol–water partition coefficient (Wildman–Crippen LogP) is 1.36. The molecular weight excluding hydrogens is 300 g/mol. The zero-order valence-electron chi connectivity index (χ0n) is 10.5. The molecule has 0 radical (unpaired) electrons. The highest BCUT2D eigenvalue weighted by Gasteiger charge is 2.19. The topological polar surface area (TPSA) is 99.5 Å². The van der Waals surface area contributed by atoms with Crippen molar-refractivity contribution in [3.63, 3.8) is 0 Å². The number of aryl methyl sites for hydroxylation is 1. The number of thiophene rings is 1. The van der Waals surface area contributed by atoms with Crippen LogP contribution in [0.3, 0.4) is 0 Å². The highest BCUT2D eigenvalue weighted by molar-refractivity contribution is 7.17. The van der Waals surface area contributed by atoms with Gasteiger partial charge in [-0.3, -0.25) is 4.79 Å². The number of carboxylic acids is 1. The number of nitrogens with one attached hydrogen (secondary N) is 1. The molecule has 0 saturated carbocycles. The summed E-state index contributed by atoms with van der Waals surface area (Å²) in [5.41, 5.74) is 1.53. The molecule has 2 aromatic heterocycles. The van der Waals surface area contributed by atoms with E-state index in [9.17, 15) is 9.59 Å². The number of aromatic nitrogens is 1. The lowest BCUT2D eigenvalue weighted by molar-refractivity contribution is -0.146. The second-order valence-corrected chi connectivity index (χ2v) is 5.79. The number of aliphatic carboxylic acids is 1. The minimum absolute atomic E-state index is 0.334. The summed E-state index contributed by atoms with van der Waals surface area (Å²) in [5.74, 6) is -1.80. The summed E-state index contributed by atoms with van der Waals surface area (Å²) >= 11 is 2.78. The highest BCUT2D eigenvalue weighted by atomic mass is 32.1. The van der Waals surface area contributed by atoms with Gasteiger partial charge in [-0.15, -0.1) is 11.3 Å². The van der Waals surface area contributed by atoms with E-state index in [1.165, 1.54) is 11.3 Å². The fourth-order valence-electron chi connectivity index (χ4n) is 1.47. The molecule has 0 bridgehead atoms. The molecule has 1 amide bonds. The Kier molecular flexibility index (Phi) is 4.48. The van der Waals surface area contributed by atoms with Crippen molar-refractivity contribution in [3.05, 3.63) is 27.4 Å². The second kappa shape index (κ2) is 6.12. The Labute approximate surface area is 122 Å². The summed E-state index contributed by atoms with van der Waals surface area (Å²) in [6.07, 6.45) is -1.61. The fraction of sp³-hybridized carbons (Fsp3) is 0.250. The van der Waals surface area contributed by atoms with Crippen molar-refractivity contribution in [3.8, 4) is 10.6 Å². The van der Waals surface area contributed by atoms with Gasteiger partial charge in [-0.05, 0) is 18.4 Å². The van der Waals surface area contributed by atoms with Crippen LogP contribution in [0.4, 0.5) is 0 Å². The first-order valence-electron chi connectivity index (χ1n) is 5.68. The number of nitrogens with zero attached hydrogens (tertiary/aromatic N) is 1. The zero-order valence-corrected chi connectivity index (χ0v) is 12.1. The largest absolute Gasteiger partial charge is 0.479 e. The van der Waals surface area contributed by atoms with Crippen LogP contribution in [0.1, 0.15) is 15.4 Å². The molecule has 2 aromatic rings. The van der Waals surface area contributed by atoms with Gasteiger partial charge >= 0.3 is 5.97 Å². The van der Waals surface area contributed by atoms with E-state index in [0.717, 1.165) is 10.6 Å². The summed E-state index contributed by atoms with van der Waals surface area (Å²) in [6, 6.07) is 1.92. The van der Waals surface area contributed by atoms with Crippen molar-refractivity contribution in [1.82, 2.24) is 10.3 Å². The van der Waals surface area contributed by atoms with Gasteiger partial charge in [-0.2, -0.15) is 11.3 Å². The third-order valence-corrected chi connectivity index (χ3v) is 4.40. The molecule has 3 N–H and O–H groups in total. The van der Waals surface area contributed by atoms with Gasteiger partial charge in [0.1, 0.15) is 9.88 Å². The molecule has 0 saturated heterocycles. The van der Waals surface area contributed by atoms with Crippen molar-refractivity contribution >= 4 is 34.6 Å².